The maximum absolute atomic E-state index is 13.5. The number of halogens is 1. The van der Waals surface area contributed by atoms with E-state index >= 15 is 0 Å². The van der Waals surface area contributed by atoms with Gasteiger partial charge in [-0.1, -0.05) is 36.4 Å². The molecule has 5 aromatic rings. The van der Waals surface area contributed by atoms with Crippen molar-refractivity contribution in [2.45, 2.75) is 25.8 Å². The lowest BCUT2D eigenvalue weighted by Gasteiger charge is -2.21. The Morgan fingerprint density at radius 2 is 1.77 bits per heavy atom. The summed E-state index contributed by atoms with van der Waals surface area (Å²) >= 11 is 0. The van der Waals surface area contributed by atoms with Crippen molar-refractivity contribution in [1.82, 2.24) is 20.3 Å². The van der Waals surface area contributed by atoms with Gasteiger partial charge >= 0.3 is 0 Å². The summed E-state index contributed by atoms with van der Waals surface area (Å²) in [5.41, 5.74) is 7.44. The number of anilines is 1. The van der Waals surface area contributed by atoms with Crippen LogP contribution in [0.4, 0.5) is 10.2 Å². The highest BCUT2D eigenvalue weighted by Crippen LogP contribution is 2.33. The summed E-state index contributed by atoms with van der Waals surface area (Å²) in [6, 6.07) is 22.9. The lowest BCUT2D eigenvalue weighted by atomic mass is 9.91. The Bertz CT molecular complexity index is 1600. The Hall–Kier alpha value is -4.36. The number of hydrogen-bond donors (Lipinski definition) is 3. The second kappa shape index (κ2) is 11.2. The molecular formula is C32H30FN5O. The zero-order valence-corrected chi connectivity index (χ0v) is 21.6. The predicted octanol–water partition coefficient (Wildman–Crippen LogP) is 5.69. The lowest BCUT2D eigenvalue weighted by Crippen LogP contribution is -2.34. The van der Waals surface area contributed by atoms with E-state index < -0.39 is 0 Å². The van der Waals surface area contributed by atoms with E-state index in [9.17, 15) is 9.18 Å². The predicted molar refractivity (Wildman–Crippen MR) is 152 cm³/mol. The average molecular weight is 520 g/mol. The monoisotopic (exact) mass is 519 g/mol. The molecule has 0 unspecified atom stereocenters. The van der Waals surface area contributed by atoms with Crippen LogP contribution in [-0.4, -0.2) is 33.8 Å². The number of benzene rings is 2. The molecule has 1 aliphatic heterocycles. The molecule has 1 aliphatic rings. The number of H-pyrrole nitrogens is 1. The van der Waals surface area contributed by atoms with Crippen LogP contribution in [-0.2, 0) is 24.2 Å². The maximum Gasteiger partial charge on any atom is 0.156 e. The molecule has 0 saturated carbocycles. The number of nitrogens with zero attached hydrogens (tertiary/aromatic N) is 2. The van der Waals surface area contributed by atoms with Crippen molar-refractivity contribution >= 4 is 22.6 Å². The van der Waals surface area contributed by atoms with Crippen molar-refractivity contribution in [3.8, 4) is 11.1 Å². The summed E-state index contributed by atoms with van der Waals surface area (Å²) in [5, 5.41) is 7.69. The van der Waals surface area contributed by atoms with Gasteiger partial charge in [0.15, 0.2) is 5.78 Å². The highest BCUT2D eigenvalue weighted by Gasteiger charge is 2.21. The highest BCUT2D eigenvalue weighted by molar-refractivity contribution is 5.96. The third kappa shape index (κ3) is 5.59. The summed E-state index contributed by atoms with van der Waals surface area (Å²) in [6.45, 7) is 1.70. The molecule has 0 spiro atoms. The largest absolute Gasteiger partial charge is 0.363 e. The van der Waals surface area contributed by atoms with E-state index in [0.717, 1.165) is 52.8 Å². The molecule has 7 heteroatoms. The van der Waals surface area contributed by atoms with Gasteiger partial charge in [0.1, 0.15) is 17.3 Å². The van der Waals surface area contributed by atoms with E-state index in [1.54, 1.807) is 24.5 Å². The van der Waals surface area contributed by atoms with Crippen LogP contribution >= 0.6 is 0 Å². The molecule has 3 N–H and O–H groups in total. The fraction of sp³-hybridized carbons (Fsp3) is 0.219. The topological polar surface area (TPSA) is 82.7 Å². The van der Waals surface area contributed by atoms with Gasteiger partial charge in [0.2, 0.25) is 0 Å². The molecule has 0 aliphatic carbocycles. The highest BCUT2D eigenvalue weighted by atomic mass is 19.1. The number of aromatic nitrogens is 3. The van der Waals surface area contributed by atoms with Crippen LogP contribution in [0.3, 0.4) is 0 Å². The molecule has 0 radical (unpaired) electrons. The Balaban J connectivity index is 1.20. The normalized spacial score (nSPS) is 15.4. The van der Waals surface area contributed by atoms with Gasteiger partial charge in [0, 0.05) is 54.5 Å². The number of rotatable bonds is 7. The summed E-state index contributed by atoms with van der Waals surface area (Å²) < 4.78 is 13.5. The number of fused-ring (bicyclic) bond motifs is 2. The van der Waals surface area contributed by atoms with E-state index in [4.69, 9.17) is 4.98 Å². The van der Waals surface area contributed by atoms with Crippen molar-refractivity contribution in [3.05, 3.63) is 113 Å². The van der Waals surface area contributed by atoms with E-state index in [2.05, 4.69) is 44.9 Å². The number of hydrogen-bond acceptors (Lipinski definition) is 5. The van der Waals surface area contributed by atoms with Crippen molar-refractivity contribution < 1.29 is 9.18 Å². The minimum absolute atomic E-state index is 0.0410. The lowest BCUT2D eigenvalue weighted by molar-refractivity contribution is -0.121. The molecule has 4 heterocycles. The van der Waals surface area contributed by atoms with Crippen LogP contribution < -0.4 is 10.6 Å². The molecule has 196 valence electrons. The number of pyridine rings is 2. The zero-order chi connectivity index (χ0) is 26.6. The van der Waals surface area contributed by atoms with Crippen LogP contribution in [0, 0.1) is 11.7 Å². The van der Waals surface area contributed by atoms with Crippen molar-refractivity contribution in [2.24, 2.45) is 5.92 Å². The van der Waals surface area contributed by atoms with Crippen LogP contribution in [0.5, 0.6) is 0 Å². The van der Waals surface area contributed by atoms with Gasteiger partial charge in [-0.2, -0.15) is 0 Å². The van der Waals surface area contributed by atoms with Gasteiger partial charge in [-0.3, -0.25) is 9.78 Å². The molecule has 6 nitrogen and oxygen atoms in total. The van der Waals surface area contributed by atoms with Crippen LogP contribution in [0.2, 0.25) is 0 Å². The van der Waals surface area contributed by atoms with Crippen LogP contribution in [0.25, 0.3) is 22.2 Å². The number of nitrogens with one attached hydrogen (secondary N) is 3. The molecule has 0 saturated heterocycles. The Kier molecular flexibility index (Phi) is 7.15. The first-order valence-corrected chi connectivity index (χ1v) is 13.3. The van der Waals surface area contributed by atoms with Gasteiger partial charge in [-0.15, -0.1) is 0 Å². The smallest absolute Gasteiger partial charge is 0.156 e. The number of ketones is 1. The summed E-state index contributed by atoms with van der Waals surface area (Å²) in [6.07, 6.45) is 5.89. The van der Waals surface area contributed by atoms with Crippen LogP contribution in [0.1, 0.15) is 28.8 Å². The first kappa shape index (κ1) is 24.9. The first-order chi connectivity index (χ1) is 19.1. The Morgan fingerprint density at radius 1 is 0.974 bits per heavy atom. The molecule has 39 heavy (non-hydrogen) atoms. The molecular weight excluding hydrogens is 489 g/mol. The Morgan fingerprint density at radius 3 is 2.59 bits per heavy atom. The SMILES string of the molecule is O=C(CNc1ccc2c(-c3ccncc3)c(Cc3ccc(F)cc3)[nH]c2n1)[C@@H]1CCc2ccccc2CNC1. The van der Waals surface area contributed by atoms with E-state index in [1.165, 1.54) is 23.3 Å². The summed E-state index contributed by atoms with van der Waals surface area (Å²) in [7, 11) is 0. The fourth-order valence-corrected chi connectivity index (χ4v) is 5.39. The first-order valence-electron chi connectivity index (χ1n) is 13.3. The van der Waals surface area contributed by atoms with Crippen molar-refractivity contribution in [3.63, 3.8) is 0 Å². The second-order valence-electron chi connectivity index (χ2n) is 10.1. The number of carbonyl (C=O) groups is 1. The Labute approximate surface area is 226 Å². The van der Waals surface area contributed by atoms with Gasteiger partial charge in [-0.25, -0.2) is 9.37 Å². The molecule has 6 rings (SSSR count). The summed E-state index contributed by atoms with van der Waals surface area (Å²) in [5.74, 6) is 0.540. The fourth-order valence-electron chi connectivity index (χ4n) is 5.39. The molecule has 0 amide bonds. The van der Waals surface area contributed by atoms with Gasteiger partial charge < -0.3 is 15.6 Å². The molecule has 0 bridgehead atoms. The second-order valence-corrected chi connectivity index (χ2v) is 10.1. The van der Waals surface area contributed by atoms with Crippen LogP contribution in [0.15, 0.2) is 85.2 Å². The molecule has 0 fully saturated rings. The standard InChI is InChI=1S/C32H30FN5O/c33-26-9-5-21(6-10-26)17-28-31(23-13-15-34-16-14-23)27-11-12-30(38-32(27)37-28)36-20-29(39)25-8-7-22-3-1-2-4-24(22)18-35-19-25/h1-6,9-16,25,35H,7-8,17-20H2,(H2,36,37,38)/t25-/m1/s1. The average Bonchev–Trinajstić information content (AvgIpc) is 3.31. The molecule has 1 atom stereocenters. The van der Waals surface area contributed by atoms with E-state index in [0.29, 0.717) is 18.8 Å². The number of Topliss-reactive ketones (excluding diaryl/α,β-unsaturated/α-hetero) is 1. The van der Waals surface area contributed by atoms with Crippen molar-refractivity contribution in [1.29, 1.82) is 0 Å². The van der Waals surface area contributed by atoms with Gasteiger partial charge in [0.25, 0.3) is 0 Å². The van der Waals surface area contributed by atoms with Gasteiger partial charge in [0.05, 0.1) is 6.54 Å². The summed E-state index contributed by atoms with van der Waals surface area (Å²) in [4.78, 5) is 25.6. The van der Waals surface area contributed by atoms with Crippen molar-refractivity contribution in [2.75, 3.05) is 18.4 Å². The number of aryl methyl sites for hydroxylation is 1. The van der Waals surface area contributed by atoms with E-state index in [-0.39, 0.29) is 24.1 Å². The number of aromatic amines is 1. The molecule has 2 aromatic carbocycles. The maximum atomic E-state index is 13.5. The van der Waals surface area contributed by atoms with Gasteiger partial charge in [-0.05, 0) is 71.5 Å². The van der Waals surface area contributed by atoms with E-state index in [1.807, 2.05) is 24.3 Å². The minimum Gasteiger partial charge on any atom is -0.363 e. The minimum atomic E-state index is -0.253. The number of carbonyl (C=O) groups excluding carboxylic acids is 1. The molecule has 3 aromatic heterocycles. The quantitative estimate of drug-likeness (QED) is 0.257. The zero-order valence-electron chi connectivity index (χ0n) is 21.6. The third-order valence-corrected chi connectivity index (χ3v) is 7.48. The third-order valence-electron chi connectivity index (χ3n) is 7.48.